The van der Waals surface area contributed by atoms with E-state index >= 15 is 0 Å². The summed E-state index contributed by atoms with van der Waals surface area (Å²) in [7, 11) is 0. The van der Waals surface area contributed by atoms with E-state index in [4.69, 9.17) is 4.74 Å². The largest absolute Gasteiger partial charge is 0.453 e. The van der Waals surface area contributed by atoms with E-state index < -0.39 is 48.5 Å². The number of cyclic esters (lactones) is 1. The molecule has 246 valence electrons. The molecule has 0 radical (unpaired) electrons. The fourth-order valence-electron chi connectivity index (χ4n) is 5.05. The van der Waals surface area contributed by atoms with Gasteiger partial charge >= 0.3 is 5.97 Å². The molecule has 2 rings (SSSR count). The van der Waals surface area contributed by atoms with Gasteiger partial charge in [-0.1, -0.05) is 82.1 Å². The second-order valence-electron chi connectivity index (χ2n) is 12.0. The Kier molecular flexibility index (Phi) is 16.5. The number of hydrogen-bond donors (Lipinski definition) is 5. The summed E-state index contributed by atoms with van der Waals surface area (Å²) in [4.78, 5) is 18.3. The Hall–Kier alpha value is -2.40. The van der Waals surface area contributed by atoms with Crippen LogP contribution in [-0.2, 0) is 9.53 Å². The molecule has 1 aromatic heterocycles. The third-order valence-electron chi connectivity index (χ3n) is 8.20. The van der Waals surface area contributed by atoms with Gasteiger partial charge in [0.25, 0.3) is 0 Å². The number of aliphatic hydroxyl groups is 5. The molecule has 0 aromatic carbocycles. The average Bonchev–Trinajstić information content (AvgIpc) is 3.47. The Bertz CT molecular complexity index is 1180. The molecule has 0 spiro atoms. The lowest BCUT2D eigenvalue weighted by molar-refractivity contribution is -0.165. The summed E-state index contributed by atoms with van der Waals surface area (Å²) in [5, 5.41) is 57.3. The molecule has 8 nitrogen and oxygen atoms in total. The molecule has 9 heteroatoms. The number of allylic oxidation sites excluding steroid dienone is 5. The molecule has 0 amide bonds. The van der Waals surface area contributed by atoms with Gasteiger partial charge in [0.2, 0.25) is 0 Å². The van der Waals surface area contributed by atoms with Gasteiger partial charge in [-0.05, 0) is 51.7 Å². The highest BCUT2D eigenvalue weighted by Gasteiger charge is 2.37. The van der Waals surface area contributed by atoms with Crippen LogP contribution in [0.25, 0.3) is 6.08 Å². The van der Waals surface area contributed by atoms with Crippen molar-refractivity contribution in [1.29, 1.82) is 0 Å². The quantitative estimate of drug-likeness (QED) is 0.125. The van der Waals surface area contributed by atoms with Gasteiger partial charge < -0.3 is 30.3 Å². The van der Waals surface area contributed by atoms with E-state index in [1.807, 2.05) is 38.3 Å². The Balaban J connectivity index is 2.50. The van der Waals surface area contributed by atoms with Crippen LogP contribution in [0.15, 0.2) is 58.6 Å². The minimum atomic E-state index is -1.37. The Morgan fingerprint density at radius 3 is 2.55 bits per heavy atom. The van der Waals surface area contributed by atoms with E-state index in [1.54, 1.807) is 44.2 Å². The molecule has 0 fully saturated rings. The monoisotopic (exact) mass is 631 g/mol. The number of rotatable bonds is 10. The van der Waals surface area contributed by atoms with Crippen molar-refractivity contribution in [2.24, 2.45) is 5.92 Å². The van der Waals surface area contributed by atoms with Crippen molar-refractivity contribution in [3.05, 3.63) is 69.3 Å². The van der Waals surface area contributed by atoms with Gasteiger partial charge in [-0.2, -0.15) is 0 Å². The minimum absolute atomic E-state index is 0.0510. The van der Waals surface area contributed by atoms with Crippen molar-refractivity contribution in [3.8, 4) is 0 Å². The number of aliphatic hydroxyl groups excluding tert-OH is 5. The van der Waals surface area contributed by atoms with Gasteiger partial charge in [-0.15, -0.1) is 11.3 Å². The standard InChI is InChI=1S/C35H53NO7S/c1-7-9-10-12-15-26-19-27-21-44-34(36-27)24(5)30(39)20-28(37)16-13-11-14-17-29(38)33(43-35(26)42)32(41)25(6)31(40)23(4)18-22(3)8-2/h8,11,13-14,16,18-19,21,24-25,28-33,37-41H,7,9-10,12,15,17,20H2,1-6H3/b14-11-,16-13+,22-8-,23-18+,26-19+/t24-,25+,28-,29+,30+,31-,32-,33-/m1/s1. The number of hydrogen-bond acceptors (Lipinski definition) is 9. The van der Waals surface area contributed by atoms with Gasteiger partial charge in [0.15, 0.2) is 6.10 Å². The summed E-state index contributed by atoms with van der Waals surface area (Å²) in [5.74, 6) is -1.73. The molecule has 1 aliphatic heterocycles. The fourth-order valence-corrected chi connectivity index (χ4v) is 5.94. The smallest absolute Gasteiger partial charge is 0.334 e. The van der Waals surface area contributed by atoms with E-state index in [0.717, 1.165) is 31.3 Å². The zero-order chi connectivity index (χ0) is 32.8. The van der Waals surface area contributed by atoms with Gasteiger partial charge in [0.1, 0.15) is 0 Å². The summed E-state index contributed by atoms with van der Waals surface area (Å²) in [6, 6.07) is 0. The molecular weight excluding hydrogens is 578 g/mol. The molecule has 5 N–H and O–H groups in total. The summed E-state index contributed by atoms with van der Waals surface area (Å²) in [6.45, 7) is 11.2. The van der Waals surface area contributed by atoms with Crippen LogP contribution >= 0.6 is 11.3 Å². The second kappa shape index (κ2) is 19.2. The van der Waals surface area contributed by atoms with Crippen LogP contribution in [0.2, 0.25) is 0 Å². The van der Waals surface area contributed by atoms with Crippen molar-refractivity contribution in [1.82, 2.24) is 4.98 Å². The number of esters is 1. The lowest BCUT2D eigenvalue weighted by atomic mass is 9.87. The number of thiazole rings is 1. The van der Waals surface area contributed by atoms with Gasteiger partial charge in [-0.3, -0.25) is 0 Å². The molecule has 2 heterocycles. The van der Waals surface area contributed by atoms with Crippen LogP contribution in [-0.4, -0.2) is 73.1 Å². The summed E-state index contributed by atoms with van der Waals surface area (Å²) >= 11 is 1.37. The molecular formula is C35H53NO7S. The lowest BCUT2D eigenvalue weighted by Crippen LogP contribution is -2.47. The zero-order valence-corrected chi connectivity index (χ0v) is 27.9. The van der Waals surface area contributed by atoms with E-state index in [9.17, 15) is 30.3 Å². The number of carbonyl (C=O) groups excluding carboxylic acids is 1. The van der Waals surface area contributed by atoms with E-state index in [2.05, 4.69) is 11.9 Å². The SMILES string of the molecule is C/C=C(C)\C=C(/C)[C@@H](O)[C@H](C)[C@@H](O)[C@@H]1OC(=O)/C(CCCCCC)=C/c2csc(n2)[C@H](C)[C@@H](O)C[C@H](O)/C=C/C=C\C[C@@H]1O. The van der Waals surface area contributed by atoms with E-state index in [1.165, 1.54) is 11.3 Å². The third-order valence-corrected chi connectivity index (χ3v) is 9.27. The molecule has 1 aromatic rings. The predicted molar refractivity (Wildman–Crippen MR) is 177 cm³/mol. The Morgan fingerprint density at radius 2 is 1.86 bits per heavy atom. The van der Waals surface area contributed by atoms with Gasteiger partial charge in [0, 0.05) is 29.2 Å². The number of nitrogens with zero attached hydrogens (tertiary/aromatic N) is 1. The van der Waals surface area contributed by atoms with Crippen LogP contribution in [0, 0.1) is 5.92 Å². The van der Waals surface area contributed by atoms with E-state index in [0.29, 0.717) is 28.3 Å². The summed E-state index contributed by atoms with van der Waals surface area (Å²) in [5.41, 5.74) is 2.53. The summed E-state index contributed by atoms with van der Waals surface area (Å²) in [6.07, 6.45) is 9.58. The third kappa shape index (κ3) is 11.8. The maximum atomic E-state index is 13.7. The fraction of sp³-hybridized carbons (Fsp3) is 0.600. The highest BCUT2D eigenvalue weighted by molar-refractivity contribution is 7.09. The number of unbranched alkanes of at least 4 members (excludes halogenated alkanes) is 3. The van der Waals surface area contributed by atoms with Crippen LogP contribution in [0.3, 0.4) is 0 Å². The topological polar surface area (TPSA) is 140 Å². The first-order chi connectivity index (χ1) is 20.9. The molecule has 0 aliphatic carbocycles. The number of aromatic nitrogens is 1. The first kappa shape index (κ1) is 37.8. The summed E-state index contributed by atoms with van der Waals surface area (Å²) < 4.78 is 5.89. The number of carbonyl (C=O) groups is 1. The Morgan fingerprint density at radius 1 is 1.14 bits per heavy atom. The van der Waals surface area contributed by atoms with Crippen molar-refractivity contribution < 1.29 is 35.1 Å². The molecule has 0 saturated carbocycles. The van der Waals surface area contributed by atoms with Crippen molar-refractivity contribution in [3.63, 3.8) is 0 Å². The normalized spacial score (nSPS) is 29.4. The maximum Gasteiger partial charge on any atom is 0.334 e. The number of ether oxygens (including phenoxy) is 1. The van der Waals surface area contributed by atoms with Crippen LogP contribution < -0.4 is 0 Å². The first-order valence-electron chi connectivity index (χ1n) is 15.8. The molecule has 0 unspecified atom stereocenters. The Labute approximate surface area is 267 Å². The molecule has 2 bridgehead atoms. The highest BCUT2D eigenvalue weighted by atomic mass is 32.1. The van der Waals surface area contributed by atoms with Gasteiger partial charge in [-0.25, -0.2) is 9.78 Å². The number of fused-ring (bicyclic) bond motifs is 2. The van der Waals surface area contributed by atoms with Crippen LogP contribution in [0.4, 0.5) is 0 Å². The van der Waals surface area contributed by atoms with Crippen molar-refractivity contribution in [2.75, 3.05) is 0 Å². The lowest BCUT2D eigenvalue weighted by Gasteiger charge is -2.33. The highest BCUT2D eigenvalue weighted by Crippen LogP contribution is 2.29. The van der Waals surface area contributed by atoms with Crippen LogP contribution in [0.5, 0.6) is 0 Å². The minimum Gasteiger partial charge on any atom is -0.453 e. The second-order valence-corrected chi connectivity index (χ2v) is 12.8. The van der Waals surface area contributed by atoms with Gasteiger partial charge in [0.05, 0.1) is 41.2 Å². The maximum absolute atomic E-state index is 13.7. The average molecular weight is 632 g/mol. The predicted octanol–water partition coefficient (Wildman–Crippen LogP) is 5.77. The van der Waals surface area contributed by atoms with E-state index in [-0.39, 0.29) is 18.8 Å². The van der Waals surface area contributed by atoms with Crippen LogP contribution in [0.1, 0.15) is 103 Å². The molecule has 44 heavy (non-hydrogen) atoms. The van der Waals surface area contributed by atoms with Crippen molar-refractivity contribution in [2.45, 2.75) is 129 Å². The molecule has 8 atom stereocenters. The molecule has 0 saturated heterocycles. The zero-order valence-electron chi connectivity index (χ0n) is 27.1. The molecule has 1 aliphatic rings. The first-order valence-corrected chi connectivity index (χ1v) is 16.7. The van der Waals surface area contributed by atoms with Crippen molar-refractivity contribution >= 4 is 23.4 Å².